The van der Waals surface area contributed by atoms with Gasteiger partial charge in [-0.15, -0.1) is 0 Å². The number of benzene rings is 1. The molecule has 1 aliphatic rings. The van der Waals surface area contributed by atoms with E-state index < -0.39 is 17.3 Å². The van der Waals surface area contributed by atoms with Crippen molar-refractivity contribution in [1.29, 1.82) is 0 Å². The number of aliphatic imine (C=N–C) groups is 1. The molecule has 0 bridgehead atoms. The molecule has 2 N–H and O–H groups in total. The van der Waals surface area contributed by atoms with Gasteiger partial charge in [0.15, 0.2) is 5.96 Å². The van der Waals surface area contributed by atoms with Crippen molar-refractivity contribution in [3.05, 3.63) is 29.3 Å². The summed E-state index contributed by atoms with van der Waals surface area (Å²) in [5.41, 5.74) is -1.08. The molecule has 1 aromatic carbocycles. The molecule has 0 saturated carbocycles. The normalized spacial score (nSPS) is 15.7. The van der Waals surface area contributed by atoms with Crippen LogP contribution >= 0.6 is 0 Å². The van der Waals surface area contributed by atoms with E-state index in [1.54, 1.807) is 26.8 Å². The lowest BCUT2D eigenvalue weighted by atomic mass is 10.1. The van der Waals surface area contributed by atoms with E-state index in [1.165, 1.54) is 6.07 Å². The van der Waals surface area contributed by atoms with Crippen LogP contribution in [0, 0.1) is 0 Å². The van der Waals surface area contributed by atoms with E-state index in [0.717, 1.165) is 19.0 Å². The Balaban J connectivity index is 2.19. The summed E-state index contributed by atoms with van der Waals surface area (Å²) in [6.07, 6.45) is -3.51. The van der Waals surface area contributed by atoms with Gasteiger partial charge < -0.3 is 15.4 Å². The van der Waals surface area contributed by atoms with Crippen LogP contribution in [0.25, 0.3) is 0 Å². The van der Waals surface area contributed by atoms with Gasteiger partial charge in [0.1, 0.15) is 11.4 Å². The minimum atomic E-state index is -4.43. The number of nitrogens with zero attached hydrogens (tertiary/aromatic N) is 1. The zero-order valence-electron chi connectivity index (χ0n) is 13.5. The fraction of sp³-hybridized carbons (Fsp3) is 0.562. The van der Waals surface area contributed by atoms with Crippen molar-refractivity contribution < 1.29 is 17.9 Å². The second-order valence-corrected chi connectivity index (χ2v) is 6.40. The van der Waals surface area contributed by atoms with Crippen molar-refractivity contribution in [1.82, 2.24) is 10.6 Å². The van der Waals surface area contributed by atoms with Gasteiger partial charge in [-0.1, -0.05) is 6.07 Å². The molecule has 128 valence electrons. The van der Waals surface area contributed by atoms with Crippen molar-refractivity contribution >= 4 is 5.96 Å². The highest BCUT2D eigenvalue weighted by molar-refractivity contribution is 5.80. The molecule has 1 aromatic rings. The van der Waals surface area contributed by atoms with Crippen LogP contribution in [-0.4, -0.2) is 24.7 Å². The number of ether oxygens (including phenoxy) is 1. The van der Waals surface area contributed by atoms with Crippen LogP contribution in [0.1, 0.15) is 38.3 Å². The average molecular weight is 329 g/mol. The van der Waals surface area contributed by atoms with E-state index in [2.05, 4.69) is 15.6 Å². The lowest BCUT2D eigenvalue weighted by Crippen LogP contribution is -2.40. The van der Waals surface area contributed by atoms with Gasteiger partial charge in [-0.2, -0.15) is 13.2 Å². The molecule has 23 heavy (non-hydrogen) atoms. The van der Waals surface area contributed by atoms with Crippen LogP contribution in [0.15, 0.2) is 23.2 Å². The van der Waals surface area contributed by atoms with E-state index in [0.29, 0.717) is 12.5 Å². The monoisotopic (exact) mass is 329 g/mol. The van der Waals surface area contributed by atoms with E-state index in [1.807, 2.05) is 0 Å². The van der Waals surface area contributed by atoms with E-state index in [-0.39, 0.29) is 17.9 Å². The van der Waals surface area contributed by atoms with Gasteiger partial charge in [0.2, 0.25) is 0 Å². The third-order valence-electron chi connectivity index (χ3n) is 3.15. The number of halogens is 3. The maximum atomic E-state index is 13.3. The molecule has 0 amide bonds. The van der Waals surface area contributed by atoms with Gasteiger partial charge in [0.05, 0.1) is 5.56 Å². The quantitative estimate of drug-likeness (QED) is 0.894. The van der Waals surface area contributed by atoms with Gasteiger partial charge in [-0.3, -0.25) is 4.99 Å². The molecule has 0 radical (unpaired) electrons. The molecule has 0 atom stereocenters. The summed E-state index contributed by atoms with van der Waals surface area (Å²) in [5.74, 6) is 0.751. The highest BCUT2D eigenvalue weighted by Crippen LogP contribution is 2.35. The van der Waals surface area contributed by atoms with Gasteiger partial charge >= 0.3 is 6.18 Å². The standard InChI is InChI=1S/C16H22F3N3O/c1-15(2,3)23-12-6-5-11(13(9-12)16(17,18)19)10-22-14-20-7-4-8-21-14/h5-6,9H,4,7-8,10H2,1-3H3,(H2,20,21,22). The Bertz CT molecular complexity index is 577. The predicted molar refractivity (Wildman–Crippen MR) is 83.6 cm³/mol. The number of hydrogen-bond acceptors (Lipinski definition) is 4. The Kier molecular flexibility index (Phi) is 5.06. The van der Waals surface area contributed by atoms with Crippen LogP contribution in [0.2, 0.25) is 0 Å². The zero-order valence-corrected chi connectivity index (χ0v) is 13.5. The third kappa shape index (κ3) is 5.33. The first-order valence-corrected chi connectivity index (χ1v) is 7.56. The maximum Gasteiger partial charge on any atom is 0.416 e. The second-order valence-electron chi connectivity index (χ2n) is 6.40. The molecule has 2 rings (SSSR count). The lowest BCUT2D eigenvalue weighted by Gasteiger charge is -2.23. The smallest absolute Gasteiger partial charge is 0.416 e. The fourth-order valence-electron chi connectivity index (χ4n) is 2.22. The van der Waals surface area contributed by atoms with Gasteiger partial charge in [0.25, 0.3) is 0 Å². The minimum absolute atomic E-state index is 0.0521. The molecule has 0 spiro atoms. The van der Waals surface area contributed by atoms with Crippen LogP contribution in [0.5, 0.6) is 5.75 Å². The lowest BCUT2D eigenvalue weighted by molar-refractivity contribution is -0.138. The summed E-state index contributed by atoms with van der Waals surface area (Å²) in [7, 11) is 0. The van der Waals surface area contributed by atoms with Crippen LogP contribution in [-0.2, 0) is 12.7 Å². The summed E-state index contributed by atoms with van der Waals surface area (Å²) in [6.45, 7) is 6.89. The molecule has 1 heterocycles. The minimum Gasteiger partial charge on any atom is -0.488 e. The maximum absolute atomic E-state index is 13.3. The van der Waals surface area contributed by atoms with Crippen molar-refractivity contribution in [2.45, 2.75) is 45.5 Å². The average Bonchev–Trinajstić information content (AvgIpc) is 2.44. The summed E-state index contributed by atoms with van der Waals surface area (Å²) in [4.78, 5) is 4.19. The highest BCUT2D eigenvalue weighted by atomic mass is 19.4. The van der Waals surface area contributed by atoms with E-state index in [9.17, 15) is 13.2 Å². The molecule has 0 aliphatic carbocycles. The van der Waals surface area contributed by atoms with Gasteiger partial charge in [0, 0.05) is 19.6 Å². The topological polar surface area (TPSA) is 45.6 Å². The molecular weight excluding hydrogens is 307 g/mol. The van der Waals surface area contributed by atoms with E-state index in [4.69, 9.17) is 4.74 Å². The molecule has 0 unspecified atom stereocenters. The van der Waals surface area contributed by atoms with Crippen molar-refractivity contribution in [3.63, 3.8) is 0 Å². The molecule has 0 aromatic heterocycles. The largest absolute Gasteiger partial charge is 0.488 e. The number of hydrogen-bond donors (Lipinski definition) is 2. The summed E-state index contributed by atoms with van der Waals surface area (Å²) >= 11 is 0. The second kappa shape index (κ2) is 6.68. The Hall–Kier alpha value is -1.92. The molecule has 7 heteroatoms. The van der Waals surface area contributed by atoms with Crippen molar-refractivity contribution in [2.24, 2.45) is 4.99 Å². The molecule has 0 fully saturated rings. The third-order valence-corrected chi connectivity index (χ3v) is 3.15. The summed E-state index contributed by atoms with van der Waals surface area (Å²) in [6, 6.07) is 4.06. The Labute approximate surface area is 134 Å². The van der Waals surface area contributed by atoms with Crippen LogP contribution in [0.4, 0.5) is 13.2 Å². The summed E-state index contributed by atoms with van der Waals surface area (Å²) < 4.78 is 45.4. The van der Waals surface area contributed by atoms with Gasteiger partial charge in [-0.05, 0) is 44.9 Å². The van der Waals surface area contributed by atoms with Crippen LogP contribution < -0.4 is 15.4 Å². The Morgan fingerprint density at radius 3 is 2.57 bits per heavy atom. The Morgan fingerprint density at radius 2 is 2.00 bits per heavy atom. The first-order valence-electron chi connectivity index (χ1n) is 7.56. The van der Waals surface area contributed by atoms with Crippen LogP contribution in [0.3, 0.4) is 0 Å². The first kappa shape index (κ1) is 17.4. The van der Waals surface area contributed by atoms with Crippen molar-refractivity contribution in [3.8, 4) is 5.75 Å². The van der Waals surface area contributed by atoms with E-state index >= 15 is 0 Å². The highest BCUT2D eigenvalue weighted by Gasteiger charge is 2.34. The number of guanidine groups is 1. The fourth-order valence-corrected chi connectivity index (χ4v) is 2.22. The molecule has 4 nitrogen and oxygen atoms in total. The van der Waals surface area contributed by atoms with Crippen molar-refractivity contribution in [2.75, 3.05) is 13.1 Å². The number of nitrogens with one attached hydrogen (secondary N) is 2. The number of rotatable bonds is 3. The molecule has 0 saturated heterocycles. The van der Waals surface area contributed by atoms with Gasteiger partial charge in [-0.25, -0.2) is 0 Å². The molecular formula is C16H22F3N3O. The molecule has 1 aliphatic heterocycles. The zero-order chi connectivity index (χ0) is 17.1. The first-order chi connectivity index (χ1) is 10.6. The number of alkyl halides is 3. The summed E-state index contributed by atoms with van der Waals surface area (Å²) in [5, 5.41) is 5.94. The SMILES string of the molecule is CC(C)(C)Oc1ccc(CNC2=NCCCN2)c(C(F)(F)F)c1. The Morgan fingerprint density at radius 1 is 1.26 bits per heavy atom. The predicted octanol–water partition coefficient (Wildman–Crippen LogP) is 3.32.